The summed E-state index contributed by atoms with van der Waals surface area (Å²) in [7, 11) is 0. The maximum absolute atomic E-state index is 8.06. The summed E-state index contributed by atoms with van der Waals surface area (Å²) in [5.74, 6) is 0. The molecule has 0 spiro atoms. The van der Waals surface area contributed by atoms with Crippen LogP contribution < -0.4 is 5.64 Å². The Morgan fingerprint density at radius 3 is 2.60 bits per heavy atom. The van der Waals surface area contributed by atoms with Gasteiger partial charge in [0.2, 0.25) is 0 Å². The molecule has 1 aromatic rings. The summed E-state index contributed by atoms with van der Waals surface area (Å²) in [6, 6.07) is 9.58. The van der Waals surface area contributed by atoms with E-state index in [-0.39, 0.29) is 0 Å². The summed E-state index contributed by atoms with van der Waals surface area (Å²) in [6.45, 7) is 0.372. The molecular formula is C7H9NO2. The molecule has 54 valence electrons. The lowest BCUT2D eigenvalue weighted by atomic mass is 10.2. The highest BCUT2D eigenvalue weighted by molar-refractivity contribution is 5.13. The Morgan fingerprint density at radius 2 is 2.00 bits per heavy atom. The first-order chi connectivity index (χ1) is 4.93. The smallest absolute Gasteiger partial charge is 0.0959 e. The average molecular weight is 139 g/mol. The van der Waals surface area contributed by atoms with Crippen LogP contribution in [0.15, 0.2) is 30.3 Å². The lowest BCUT2D eigenvalue weighted by Crippen LogP contribution is -2.07. The molecule has 0 aliphatic rings. The third-order valence-corrected chi connectivity index (χ3v) is 1.15. The van der Waals surface area contributed by atoms with Crippen molar-refractivity contribution in [3.8, 4) is 0 Å². The Hall–Kier alpha value is -0.900. The van der Waals surface area contributed by atoms with E-state index >= 15 is 0 Å². The standard InChI is InChI=1S/C7H9NO2/c9-8-10-6-7-4-2-1-3-5-7/h1-5,8-9H,6H2. The molecular weight excluding hydrogens is 130 g/mol. The van der Waals surface area contributed by atoms with Gasteiger partial charge in [-0.05, 0) is 5.56 Å². The summed E-state index contributed by atoms with van der Waals surface area (Å²) >= 11 is 0. The van der Waals surface area contributed by atoms with Crippen molar-refractivity contribution in [2.24, 2.45) is 0 Å². The summed E-state index contributed by atoms with van der Waals surface area (Å²) in [5, 5.41) is 8.06. The van der Waals surface area contributed by atoms with Gasteiger partial charge in [0, 0.05) is 0 Å². The Morgan fingerprint density at radius 1 is 1.30 bits per heavy atom. The van der Waals surface area contributed by atoms with Crippen molar-refractivity contribution < 1.29 is 10.0 Å². The maximum atomic E-state index is 8.06. The first-order valence-corrected chi connectivity index (χ1v) is 2.98. The van der Waals surface area contributed by atoms with Gasteiger partial charge in [-0.2, -0.15) is 0 Å². The molecule has 0 bridgehead atoms. The third-order valence-electron chi connectivity index (χ3n) is 1.15. The van der Waals surface area contributed by atoms with Gasteiger partial charge in [-0.3, -0.25) is 10.0 Å². The number of hydrogen-bond donors (Lipinski definition) is 2. The maximum Gasteiger partial charge on any atom is 0.0959 e. The van der Waals surface area contributed by atoms with Crippen LogP contribution in [0.4, 0.5) is 0 Å². The zero-order valence-electron chi connectivity index (χ0n) is 5.45. The molecule has 1 aromatic carbocycles. The second-order valence-corrected chi connectivity index (χ2v) is 1.87. The van der Waals surface area contributed by atoms with Gasteiger partial charge in [0.05, 0.1) is 6.61 Å². The van der Waals surface area contributed by atoms with Crippen LogP contribution >= 0.6 is 0 Å². The van der Waals surface area contributed by atoms with Gasteiger partial charge in [-0.15, -0.1) is 0 Å². The Kier molecular flexibility index (Phi) is 2.89. The Labute approximate surface area is 59.2 Å². The molecule has 0 saturated heterocycles. The second-order valence-electron chi connectivity index (χ2n) is 1.87. The molecule has 0 amide bonds. The molecule has 0 aromatic heterocycles. The van der Waals surface area contributed by atoms with Crippen LogP contribution in [0.1, 0.15) is 5.56 Å². The molecule has 3 heteroatoms. The van der Waals surface area contributed by atoms with Crippen molar-refractivity contribution in [1.29, 1.82) is 0 Å². The summed E-state index contributed by atoms with van der Waals surface area (Å²) in [4.78, 5) is 4.53. The normalized spacial score (nSPS) is 9.70. The van der Waals surface area contributed by atoms with E-state index in [1.54, 1.807) is 5.64 Å². The summed E-state index contributed by atoms with van der Waals surface area (Å²) in [5.41, 5.74) is 2.63. The van der Waals surface area contributed by atoms with E-state index in [1.807, 2.05) is 30.3 Å². The first-order valence-electron chi connectivity index (χ1n) is 2.98. The largest absolute Gasteiger partial charge is 0.292 e. The van der Waals surface area contributed by atoms with Gasteiger partial charge < -0.3 is 0 Å². The van der Waals surface area contributed by atoms with Crippen LogP contribution in [-0.4, -0.2) is 5.21 Å². The van der Waals surface area contributed by atoms with Crippen LogP contribution in [0.5, 0.6) is 0 Å². The zero-order valence-corrected chi connectivity index (χ0v) is 5.45. The van der Waals surface area contributed by atoms with Crippen molar-refractivity contribution >= 4 is 0 Å². The van der Waals surface area contributed by atoms with Crippen molar-refractivity contribution in [1.82, 2.24) is 5.64 Å². The van der Waals surface area contributed by atoms with Gasteiger partial charge in [0.25, 0.3) is 0 Å². The zero-order chi connectivity index (χ0) is 7.23. The predicted molar refractivity (Wildman–Crippen MR) is 36.2 cm³/mol. The minimum absolute atomic E-state index is 0.372. The van der Waals surface area contributed by atoms with Crippen molar-refractivity contribution in [3.63, 3.8) is 0 Å². The fourth-order valence-electron chi connectivity index (χ4n) is 0.690. The fraction of sp³-hybridized carbons (Fsp3) is 0.143. The van der Waals surface area contributed by atoms with E-state index in [9.17, 15) is 0 Å². The summed E-state index contributed by atoms with van der Waals surface area (Å²) in [6.07, 6.45) is 0. The molecule has 0 atom stereocenters. The van der Waals surface area contributed by atoms with Gasteiger partial charge >= 0.3 is 0 Å². The van der Waals surface area contributed by atoms with E-state index < -0.39 is 0 Å². The molecule has 0 aliphatic carbocycles. The molecule has 0 radical (unpaired) electrons. The predicted octanol–water partition coefficient (Wildman–Crippen LogP) is 1.10. The van der Waals surface area contributed by atoms with E-state index in [0.29, 0.717) is 6.61 Å². The molecule has 2 N–H and O–H groups in total. The highest BCUT2D eigenvalue weighted by Gasteiger charge is 1.87. The fourth-order valence-corrected chi connectivity index (χ4v) is 0.690. The van der Waals surface area contributed by atoms with Gasteiger partial charge in [-0.1, -0.05) is 36.0 Å². The van der Waals surface area contributed by atoms with Gasteiger partial charge in [0.15, 0.2) is 0 Å². The van der Waals surface area contributed by atoms with E-state index in [2.05, 4.69) is 4.84 Å². The lowest BCUT2D eigenvalue weighted by molar-refractivity contribution is -0.135. The number of rotatable bonds is 3. The Bertz CT molecular complexity index is 176. The highest BCUT2D eigenvalue weighted by atomic mass is 16.8. The minimum Gasteiger partial charge on any atom is -0.292 e. The topological polar surface area (TPSA) is 41.5 Å². The second kappa shape index (κ2) is 4.00. The summed E-state index contributed by atoms with van der Waals surface area (Å²) < 4.78 is 0. The SMILES string of the molecule is ONOCc1ccccc1. The van der Waals surface area contributed by atoms with Crippen molar-refractivity contribution in [3.05, 3.63) is 35.9 Å². The number of hydrogen-bond acceptors (Lipinski definition) is 3. The van der Waals surface area contributed by atoms with E-state index in [4.69, 9.17) is 5.21 Å². The third kappa shape index (κ3) is 2.14. The molecule has 3 nitrogen and oxygen atoms in total. The van der Waals surface area contributed by atoms with Crippen LogP contribution in [-0.2, 0) is 11.4 Å². The molecule has 10 heavy (non-hydrogen) atoms. The van der Waals surface area contributed by atoms with E-state index in [0.717, 1.165) is 5.56 Å². The molecule has 0 unspecified atom stereocenters. The molecule has 0 heterocycles. The van der Waals surface area contributed by atoms with Crippen molar-refractivity contribution in [2.75, 3.05) is 0 Å². The monoisotopic (exact) mass is 139 g/mol. The minimum atomic E-state index is 0.372. The van der Waals surface area contributed by atoms with Crippen LogP contribution in [0.2, 0.25) is 0 Å². The molecule has 0 saturated carbocycles. The van der Waals surface area contributed by atoms with E-state index in [1.165, 1.54) is 0 Å². The lowest BCUT2D eigenvalue weighted by Gasteiger charge is -1.98. The van der Waals surface area contributed by atoms with Crippen LogP contribution in [0, 0.1) is 0 Å². The van der Waals surface area contributed by atoms with Crippen molar-refractivity contribution in [2.45, 2.75) is 6.61 Å². The first kappa shape index (κ1) is 7.21. The van der Waals surface area contributed by atoms with Gasteiger partial charge in [0.1, 0.15) is 0 Å². The molecule has 1 rings (SSSR count). The molecule has 0 aliphatic heterocycles. The highest BCUT2D eigenvalue weighted by Crippen LogP contribution is 1.98. The average Bonchev–Trinajstić information content (AvgIpc) is 2.03. The van der Waals surface area contributed by atoms with Crippen LogP contribution in [0.25, 0.3) is 0 Å². The van der Waals surface area contributed by atoms with Crippen LogP contribution in [0.3, 0.4) is 0 Å². The number of nitrogens with one attached hydrogen (secondary N) is 1. The Balaban J connectivity index is 2.43. The molecule has 0 fully saturated rings. The quantitative estimate of drug-likeness (QED) is 0.616. The van der Waals surface area contributed by atoms with Gasteiger partial charge in [-0.25, -0.2) is 0 Å². The number of benzene rings is 1.